The Kier molecular flexibility index (Phi) is 8.24. The van der Waals surface area contributed by atoms with Crippen molar-refractivity contribution in [3.63, 3.8) is 0 Å². The van der Waals surface area contributed by atoms with Crippen molar-refractivity contribution in [1.82, 2.24) is 10.2 Å². The summed E-state index contributed by atoms with van der Waals surface area (Å²) < 4.78 is 10.4. The fourth-order valence-electron chi connectivity index (χ4n) is 2.62. The van der Waals surface area contributed by atoms with E-state index in [2.05, 4.69) is 36.0 Å². The van der Waals surface area contributed by atoms with Crippen LogP contribution >= 0.6 is 0 Å². The van der Waals surface area contributed by atoms with Gasteiger partial charge in [0.1, 0.15) is 0 Å². The number of esters is 1. The van der Waals surface area contributed by atoms with Crippen LogP contribution in [0, 0.1) is 17.8 Å². The summed E-state index contributed by atoms with van der Waals surface area (Å²) in [5, 5.41) is 3.34. The van der Waals surface area contributed by atoms with E-state index < -0.39 is 0 Å². The molecule has 0 spiro atoms. The van der Waals surface area contributed by atoms with Crippen LogP contribution in [0.4, 0.5) is 0 Å². The van der Waals surface area contributed by atoms with E-state index in [0.717, 1.165) is 38.7 Å². The molecule has 0 bridgehead atoms. The lowest BCUT2D eigenvalue weighted by Gasteiger charge is -2.21. The van der Waals surface area contributed by atoms with E-state index in [1.807, 2.05) is 0 Å². The normalized spacial score (nSPS) is 22.3. The number of aliphatic imine (C=N–C) groups is 1. The Balaban J connectivity index is 2.32. The molecule has 1 N–H and O–H groups in total. The Labute approximate surface area is 134 Å². The third-order valence-corrected chi connectivity index (χ3v) is 3.83. The van der Waals surface area contributed by atoms with Crippen LogP contribution in [0.1, 0.15) is 27.2 Å². The molecule has 0 saturated carbocycles. The van der Waals surface area contributed by atoms with Crippen LogP contribution in [0.2, 0.25) is 0 Å². The predicted molar refractivity (Wildman–Crippen MR) is 87.9 cm³/mol. The highest BCUT2D eigenvalue weighted by atomic mass is 16.5. The maximum atomic E-state index is 11.7. The number of nitrogens with zero attached hydrogens (tertiary/aromatic N) is 2. The van der Waals surface area contributed by atoms with Gasteiger partial charge in [0.2, 0.25) is 0 Å². The molecule has 22 heavy (non-hydrogen) atoms. The van der Waals surface area contributed by atoms with Gasteiger partial charge >= 0.3 is 5.97 Å². The molecule has 6 nitrogen and oxygen atoms in total. The minimum absolute atomic E-state index is 0.0714. The van der Waals surface area contributed by atoms with Crippen LogP contribution < -0.4 is 5.32 Å². The molecule has 0 aromatic carbocycles. The molecule has 0 amide bonds. The molecule has 1 aliphatic rings. The van der Waals surface area contributed by atoms with Crippen LogP contribution in [-0.2, 0) is 14.3 Å². The second kappa shape index (κ2) is 9.66. The lowest BCUT2D eigenvalue weighted by atomic mass is 9.99. The number of nitrogens with one attached hydrogen (secondary N) is 1. The number of likely N-dealkylation sites (tertiary alicyclic amines) is 1. The average molecular weight is 313 g/mol. The van der Waals surface area contributed by atoms with Gasteiger partial charge in [0, 0.05) is 39.9 Å². The van der Waals surface area contributed by atoms with Crippen molar-refractivity contribution in [2.45, 2.75) is 27.2 Å². The zero-order chi connectivity index (χ0) is 16.5. The SMILES string of the molecule is CN=C(NCCCOCC(C)C)N1CC(C)C(C(=O)OC)C1. The van der Waals surface area contributed by atoms with Crippen molar-refractivity contribution in [1.29, 1.82) is 0 Å². The number of hydrogen-bond donors (Lipinski definition) is 1. The minimum atomic E-state index is -0.132. The molecule has 0 radical (unpaired) electrons. The molecule has 1 aliphatic heterocycles. The topological polar surface area (TPSA) is 63.2 Å². The maximum absolute atomic E-state index is 11.7. The molecule has 1 fully saturated rings. The molecule has 1 rings (SSSR count). The van der Waals surface area contributed by atoms with Crippen LogP contribution in [0.3, 0.4) is 0 Å². The van der Waals surface area contributed by atoms with E-state index in [1.165, 1.54) is 7.11 Å². The summed E-state index contributed by atoms with van der Waals surface area (Å²) >= 11 is 0. The molecular formula is C16H31N3O3. The van der Waals surface area contributed by atoms with Gasteiger partial charge < -0.3 is 19.7 Å². The summed E-state index contributed by atoms with van der Waals surface area (Å²) in [6, 6.07) is 0. The third-order valence-electron chi connectivity index (χ3n) is 3.83. The summed E-state index contributed by atoms with van der Waals surface area (Å²) in [7, 11) is 3.22. The first-order chi connectivity index (χ1) is 10.5. The van der Waals surface area contributed by atoms with E-state index >= 15 is 0 Å². The quantitative estimate of drug-likeness (QED) is 0.333. The lowest BCUT2D eigenvalue weighted by molar-refractivity contribution is -0.145. The molecular weight excluding hydrogens is 282 g/mol. The summed E-state index contributed by atoms with van der Waals surface area (Å²) in [6.45, 7) is 10.2. The van der Waals surface area contributed by atoms with Crippen molar-refractivity contribution >= 4 is 11.9 Å². The molecule has 0 aliphatic carbocycles. The number of ether oxygens (including phenoxy) is 2. The first-order valence-electron chi connectivity index (χ1n) is 8.10. The number of methoxy groups -OCH3 is 1. The summed E-state index contributed by atoms with van der Waals surface area (Å²) in [5.74, 6) is 1.50. The number of hydrogen-bond acceptors (Lipinski definition) is 4. The Hall–Kier alpha value is -1.30. The van der Waals surface area contributed by atoms with E-state index in [-0.39, 0.29) is 17.8 Å². The molecule has 2 unspecified atom stereocenters. The number of carbonyl (C=O) groups is 1. The second-order valence-corrected chi connectivity index (χ2v) is 6.31. The molecule has 0 aromatic rings. The molecule has 128 valence electrons. The summed E-state index contributed by atoms with van der Waals surface area (Å²) in [4.78, 5) is 18.2. The smallest absolute Gasteiger partial charge is 0.310 e. The Morgan fingerprint density at radius 3 is 2.73 bits per heavy atom. The van der Waals surface area contributed by atoms with Gasteiger partial charge in [-0.2, -0.15) is 0 Å². The van der Waals surface area contributed by atoms with Gasteiger partial charge in [-0.25, -0.2) is 0 Å². The second-order valence-electron chi connectivity index (χ2n) is 6.31. The summed E-state index contributed by atoms with van der Waals surface area (Å²) in [6.07, 6.45) is 0.940. The van der Waals surface area contributed by atoms with Gasteiger partial charge in [-0.3, -0.25) is 9.79 Å². The standard InChI is InChI=1S/C16H31N3O3/c1-12(2)11-22-8-6-7-18-16(17-4)19-9-13(3)14(10-19)15(20)21-5/h12-14H,6-11H2,1-5H3,(H,17,18). The fourth-order valence-corrected chi connectivity index (χ4v) is 2.62. The zero-order valence-corrected chi connectivity index (χ0v) is 14.6. The Morgan fingerprint density at radius 1 is 1.41 bits per heavy atom. The third kappa shape index (κ3) is 5.83. The predicted octanol–water partition coefficient (Wildman–Crippen LogP) is 1.37. The van der Waals surface area contributed by atoms with Crippen LogP contribution in [0.15, 0.2) is 4.99 Å². The highest BCUT2D eigenvalue weighted by Crippen LogP contribution is 2.23. The van der Waals surface area contributed by atoms with Crippen molar-refractivity contribution in [2.75, 3.05) is 47.0 Å². The first-order valence-corrected chi connectivity index (χ1v) is 8.10. The first kappa shape index (κ1) is 18.7. The number of carbonyl (C=O) groups excluding carboxylic acids is 1. The minimum Gasteiger partial charge on any atom is -0.469 e. The van der Waals surface area contributed by atoms with E-state index in [1.54, 1.807) is 7.05 Å². The van der Waals surface area contributed by atoms with Gasteiger partial charge in [0.15, 0.2) is 5.96 Å². The van der Waals surface area contributed by atoms with Gasteiger partial charge in [0.05, 0.1) is 13.0 Å². The maximum Gasteiger partial charge on any atom is 0.310 e. The van der Waals surface area contributed by atoms with Crippen molar-refractivity contribution in [3.8, 4) is 0 Å². The highest BCUT2D eigenvalue weighted by Gasteiger charge is 2.36. The molecule has 0 aromatic heterocycles. The van der Waals surface area contributed by atoms with Crippen molar-refractivity contribution < 1.29 is 14.3 Å². The van der Waals surface area contributed by atoms with E-state index in [9.17, 15) is 4.79 Å². The Bertz CT molecular complexity index is 372. The number of guanidine groups is 1. The van der Waals surface area contributed by atoms with Crippen LogP contribution in [0.5, 0.6) is 0 Å². The van der Waals surface area contributed by atoms with Gasteiger partial charge in [-0.05, 0) is 18.3 Å². The lowest BCUT2D eigenvalue weighted by Crippen LogP contribution is -2.41. The van der Waals surface area contributed by atoms with Crippen LogP contribution in [-0.4, -0.2) is 63.8 Å². The molecule has 6 heteroatoms. The monoisotopic (exact) mass is 313 g/mol. The Morgan fingerprint density at radius 2 is 2.14 bits per heavy atom. The largest absolute Gasteiger partial charge is 0.469 e. The van der Waals surface area contributed by atoms with E-state index in [0.29, 0.717) is 12.5 Å². The highest BCUT2D eigenvalue weighted by molar-refractivity contribution is 5.82. The van der Waals surface area contributed by atoms with Crippen LogP contribution in [0.25, 0.3) is 0 Å². The molecule has 1 saturated heterocycles. The van der Waals surface area contributed by atoms with Crippen molar-refractivity contribution in [3.05, 3.63) is 0 Å². The number of rotatable bonds is 7. The molecule has 1 heterocycles. The zero-order valence-electron chi connectivity index (χ0n) is 14.6. The fraction of sp³-hybridized carbons (Fsp3) is 0.875. The van der Waals surface area contributed by atoms with E-state index in [4.69, 9.17) is 9.47 Å². The van der Waals surface area contributed by atoms with Gasteiger partial charge in [-0.15, -0.1) is 0 Å². The van der Waals surface area contributed by atoms with Crippen molar-refractivity contribution in [2.24, 2.45) is 22.7 Å². The molecule has 2 atom stereocenters. The van der Waals surface area contributed by atoms with Gasteiger partial charge in [-0.1, -0.05) is 20.8 Å². The summed E-state index contributed by atoms with van der Waals surface area (Å²) in [5.41, 5.74) is 0. The average Bonchev–Trinajstić information content (AvgIpc) is 2.87. The van der Waals surface area contributed by atoms with Gasteiger partial charge in [0.25, 0.3) is 0 Å².